The van der Waals surface area contributed by atoms with E-state index in [1.54, 1.807) is 6.92 Å². The monoisotopic (exact) mass is 365 g/mol. The third kappa shape index (κ3) is 3.48. The van der Waals surface area contributed by atoms with E-state index in [1.807, 2.05) is 42.5 Å². The quantitative estimate of drug-likeness (QED) is 0.547. The zero-order valence-electron chi connectivity index (χ0n) is 16.7. The van der Waals surface area contributed by atoms with Gasteiger partial charge in [0.25, 0.3) is 0 Å². The number of aldehydes is 1. The predicted molar refractivity (Wildman–Crippen MR) is 108 cm³/mol. The van der Waals surface area contributed by atoms with Crippen molar-refractivity contribution in [1.29, 1.82) is 0 Å². The summed E-state index contributed by atoms with van der Waals surface area (Å²) in [5, 5.41) is 0. The zero-order chi connectivity index (χ0) is 19.8. The third-order valence-corrected chi connectivity index (χ3v) is 5.24. The fraction of sp³-hybridized carbons (Fsp3) is 0.391. The molecule has 0 aliphatic carbocycles. The number of ether oxygens (including phenoxy) is 1. The number of carbonyl (C=O) groups is 2. The number of rotatable bonds is 4. The fourth-order valence-corrected chi connectivity index (χ4v) is 4.40. The van der Waals surface area contributed by atoms with Crippen LogP contribution in [-0.4, -0.2) is 24.4 Å². The molecule has 3 rings (SSSR count). The van der Waals surface area contributed by atoms with Gasteiger partial charge >= 0.3 is 5.97 Å². The molecule has 0 spiro atoms. The standard InChI is InChI=1S/C23H27NO3/c1-6-27-21(26)17-8-10-18(11-9-17)24-20-12-7-16(14-25)13-19(20)22(2,3)15-23(24,4)5/h7-14H,6,15H2,1-5H3. The van der Waals surface area contributed by atoms with Gasteiger partial charge < -0.3 is 9.64 Å². The Balaban J connectivity index is 2.09. The zero-order valence-corrected chi connectivity index (χ0v) is 16.7. The van der Waals surface area contributed by atoms with Crippen molar-refractivity contribution < 1.29 is 14.3 Å². The van der Waals surface area contributed by atoms with Crippen molar-refractivity contribution in [3.8, 4) is 0 Å². The highest BCUT2D eigenvalue weighted by molar-refractivity contribution is 5.90. The van der Waals surface area contributed by atoms with Crippen molar-refractivity contribution >= 4 is 23.6 Å². The molecule has 0 bridgehead atoms. The van der Waals surface area contributed by atoms with Crippen molar-refractivity contribution in [2.45, 2.75) is 52.0 Å². The van der Waals surface area contributed by atoms with Gasteiger partial charge in [-0.2, -0.15) is 0 Å². The molecule has 142 valence electrons. The molecule has 0 atom stereocenters. The highest BCUT2D eigenvalue weighted by Crippen LogP contribution is 2.50. The van der Waals surface area contributed by atoms with Crippen molar-refractivity contribution in [2.24, 2.45) is 0 Å². The number of nitrogens with zero attached hydrogens (tertiary/aromatic N) is 1. The summed E-state index contributed by atoms with van der Waals surface area (Å²) in [6.07, 6.45) is 1.84. The van der Waals surface area contributed by atoms with Crippen molar-refractivity contribution in [2.75, 3.05) is 11.5 Å². The van der Waals surface area contributed by atoms with Crippen LogP contribution < -0.4 is 4.90 Å². The first-order valence-electron chi connectivity index (χ1n) is 9.37. The van der Waals surface area contributed by atoms with Crippen LogP contribution in [0.2, 0.25) is 0 Å². The van der Waals surface area contributed by atoms with E-state index in [2.05, 4.69) is 32.6 Å². The van der Waals surface area contributed by atoms with E-state index in [-0.39, 0.29) is 16.9 Å². The van der Waals surface area contributed by atoms with E-state index in [4.69, 9.17) is 4.74 Å². The predicted octanol–water partition coefficient (Wildman–Crippen LogP) is 5.27. The van der Waals surface area contributed by atoms with Crippen LogP contribution in [0.5, 0.6) is 0 Å². The maximum absolute atomic E-state index is 11.9. The number of carbonyl (C=O) groups excluding carboxylic acids is 2. The van der Waals surface area contributed by atoms with Crippen LogP contribution in [0.1, 0.15) is 67.3 Å². The normalized spacial score (nSPS) is 17.1. The van der Waals surface area contributed by atoms with Crippen molar-refractivity contribution in [1.82, 2.24) is 0 Å². The highest BCUT2D eigenvalue weighted by atomic mass is 16.5. The van der Waals surface area contributed by atoms with Gasteiger partial charge in [-0.25, -0.2) is 4.79 Å². The van der Waals surface area contributed by atoms with Crippen LogP contribution in [0.25, 0.3) is 0 Å². The van der Waals surface area contributed by atoms with Crippen LogP contribution in [0.15, 0.2) is 42.5 Å². The third-order valence-electron chi connectivity index (χ3n) is 5.24. The Kier molecular flexibility index (Phi) is 4.85. The first-order chi connectivity index (χ1) is 12.7. The lowest BCUT2D eigenvalue weighted by atomic mass is 9.69. The van der Waals surface area contributed by atoms with Crippen LogP contribution in [0, 0.1) is 0 Å². The van der Waals surface area contributed by atoms with Gasteiger partial charge in [0.05, 0.1) is 12.2 Å². The minimum absolute atomic E-state index is 0.0424. The molecule has 2 aromatic rings. The van der Waals surface area contributed by atoms with E-state index in [9.17, 15) is 9.59 Å². The van der Waals surface area contributed by atoms with E-state index in [1.165, 1.54) is 5.56 Å². The first kappa shape index (κ1) is 19.2. The fourth-order valence-electron chi connectivity index (χ4n) is 4.40. The number of esters is 1. The lowest BCUT2D eigenvalue weighted by Crippen LogP contribution is -2.49. The molecule has 4 nitrogen and oxygen atoms in total. The molecular formula is C23H27NO3. The molecule has 0 aromatic heterocycles. The molecule has 0 saturated heterocycles. The molecule has 1 aliphatic heterocycles. The average Bonchev–Trinajstić information content (AvgIpc) is 2.61. The van der Waals surface area contributed by atoms with E-state index in [0.29, 0.717) is 17.7 Å². The maximum atomic E-state index is 11.9. The second-order valence-corrected chi connectivity index (χ2v) is 8.37. The largest absolute Gasteiger partial charge is 0.462 e. The second kappa shape index (κ2) is 6.84. The maximum Gasteiger partial charge on any atom is 0.338 e. The van der Waals surface area contributed by atoms with E-state index >= 15 is 0 Å². The lowest BCUT2D eigenvalue weighted by molar-refractivity contribution is 0.0526. The van der Waals surface area contributed by atoms with Crippen LogP contribution in [-0.2, 0) is 10.2 Å². The Bertz CT molecular complexity index is 866. The Morgan fingerprint density at radius 2 is 1.78 bits per heavy atom. The average molecular weight is 365 g/mol. The van der Waals surface area contributed by atoms with Gasteiger partial charge in [-0.05, 0) is 80.6 Å². The van der Waals surface area contributed by atoms with Gasteiger partial charge in [-0.15, -0.1) is 0 Å². The number of fused-ring (bicyclic) bond motifs is 1. The molecule has 1 heterocycles. The van der Waals surface area contributed by atoms with Gasteiger partial charge in [0, 0.05) is 22.5 Å². The summed E-state index contributed by atoms with van der Waals surface area (Å²) < 4.78 is 5.08. The molecule has 0 fully saturated rings. The number of hydrogen-bond acceptors (Lipinski definition) is 4. The van der Waals surface area contributed by atoms with Gasteiger partial charge in [-0.3, -0.25) is 4.79 Å². The molecule has 27 heavy (non-hydrogen) atoms. The van der Waals surface area contributed by atoms with Gasteiger partial charge in [0.15, 0.2) is 0 Å². The minimum atomic E-state index is -0.306. The smallest absolute Gasteiger partial charge is 0.338 e. The number of anilines is 2. The summed E-state index contributed by atoms with van der Waals surface area (Å²) in [4.78, 5) is 25.5. The highest BCUT2D eigenvalue weighted by Gasteiger charge is 2.42. The Hall–Kier alpha value is -2.62. The van der Waals surface area contributed by atoms with Crippen molar-refractivity contribution in [3.63, 3.8) is 0 Å². The summed E-state index contributed by atoms with van der Waals surface area (Å²) in [7, 11) is 0. The summed E-state index contributed by atoms with van der Waals surface area (Å²) in [6.45, 7) is 11.1. The Labute approximate surface area is 161 Å². The van der Waals surface area contributed by atoms with Crippen LogP contribution >= 0.6 is 0 Å². The molecule has 0 saturated carbocycles. The molecular weight excluding hydrogens is 338 g/mol. The van der Waals surface area contributed by atoms with Crippen LogP contribution in [0.3, 0.4) is 0 Å². The summed E-state index contributed by atoms with van der Waals surface area (Å²) in [6, 6.07) is 13.4. The molecule has 4 heteroatoms. The Morgan fingerprint density at radius 3 is 2.37 bits per heavy atom. The van der Waals surface area contributed by atoms with Crippen molar-refractivity contribution in [3.05, 3.63) is 59.2 Å². The van der Waals surface area contributed by atoms with Gasteiger partial charge in [0.1, 0.15) is 6.29 Å². The summed E-state index contributed by atoms with van der Waals surface area (Å²) in [5.74, 6) is -0.306. The number of hydrogen-bond donors (Lipinski definition) is 0. The van der Waals surface area contributed by atoms with Gasteiger partial charge in [-0.1, -0.05) is 13.8 Å². The van der Waals surface area contributed by atoms with E-state index < -0.39 is 0 Å². The Morgan fingerprint density at radius 1 is 1.11 bits per heavy atom. The van der Waals surface area contributed by atoms with E-state index in [0.717, 1.165) is 24.1 Å². The topological polar surface area (TPSA) is 46.6 Å². The molecule has 0 amide bonds. The first-order valence-corrected chi connectivity index (χ1v) is 9.37. The second-order valence-electron chi connectivity index (χ2n) is 8.37. The molecule has 0 N–H and O–H groups in total. The minimum Gasteiger partial charge on any atom is -0.462 e. The molecule has 1 aliphatic rings. The molecule has 0 unspecified atom stereocenters. The molecule has 2 aromatic carbocycles. The van der Waals surface area contributed by atoms with Crippen LogP contribution in [0.4, 0.5) is 11.4 Å². The van der Waals surface area contributed by atoms with Gasteiger partial charge in [0.2, 0.25) is 0 Å². The summed E-state index contributed by atoms with van der Waals surface area (Å²) >= 11 is 0. The lowest BCUT2D eigenvalue weighted by Gasteiger charge is -2.51. The SMILES string of the molecule is CCOC(=O)c1ccc(N2c3ccc(C=O)cc3C(C)(C)CC2(C)C)cc1. The molecule has 0 radical (unpaired) electrons. The number of benzene rings is 2. The summed E-state index contributed by atoms with van der Waals surface area (Å²) in [5.41, 5.74) is 4.37.